The van der Waals surface area contributed by atoms with Gasteiger partial charge in [-0.2, -0.15) is 0 Å². The Bertz CT molecular complexity index is 566. The molecule has 1 aromatic rings. The van der Waals surface area contributed by atoms with Crippen LogP contribution in [0.25, 0.3) is 5.57 Å². The van der Waals surface area contributed by atoms with E-state index in [2.05, 4.69) is 71.5 Å². The normalized spacial score (nSPS) is 25.8. The van der Waals surface area contributed by atoms with Crippen molar-refractivity contribution in [2.45, 2.75) is 60.0 Å². The molecule has 1 nitrogen and oxygen atoms in total. The van der Waals surface area contributed by atoms with E-state index in [9.17, 15) is 0 Å². The minimum absolute atomic E-state index is 0.175. The Labute approximate surface area is 155 Å². The maximum Gasteiger partial charge on any atom is 0.0796 e. The van der Waals surface area contributed by atoms with Crippen molar-refractivity contribution in [3.05, 3.63) is 54.1 Å². The number of aryl methyl sites for hydroxylation is 1. The molecule has 0 bridgehead atoms. The monoisotopic (exact) mass is 340 g/mol. The number of allylic oxidation sites excluding steroid dienone is 1. The second kappa shape index (κ2) is 9.38. The first-order valence-corrected chi connectivity index (χ1v) is 9.90. The molecule has 1 fully saturated rings. The average molecular weight is 341 g/mol. The Hall–Kier alpha value is -1.34. The molecule has 1 heteroatoms. The molecule has 1 aromatic carbocycles. The van der Waals surface area contributed by atoms with E-state index >= 15 is 0 Å². The Morgan fingerprint density at radius 1 is 1.20 bits per heavy atom. The van der Waals surface area contributed by atoms with Gasteiger partial charge in [-0.1, -0.05) is 69.2 Å². The third-order valence-electron chi connectivity index (χ3n) is 5.82. The molecule has 1 aliphatic carbocycles. The molecule has 0 aromatic heterocycles. The standard InChI is InChI=1S/C24H36O/c1-7-14-25-24(16-20(6)21-11-8-18(4)9-12-21)23-15-19(5)10-13-22(23)17(2)3/h7-9,11-12,16-17,19,22-24H,1,10,13-15H2,2-6H3/b20-16+/t19-,22+,23-,24+/m1/s1. The quantitative estimate of drug-likeness (QED) is 0.503. The summed E-state index contributed by atoms with van der Waals surface area (Å²) in [7, 11) is 0. The largest absolute Gasteiger partial charge is 0.370 e. The van der Waals surface area contributed by atoms with Gasteiger partial charge in [0, 0.05) is 0 Å². The highest BCUT2D eigenvalue weighted by Crippen LogP contribution is 2.41. The minimum atomic E-state index is 0.175. The molecule has 0 unspecified atom stereocenters. The van der Waals surface area contributed by atoms with Gasteiger partial charge in [-0.25, -0.2) is 0 Å². The molecule has 4 atom stereocenters. The van der Waals surface area contributed by atoms with Gasteiger partial charge in [0.15, 0.2) is 0 Å². The second-order valence-electron chi connectivity index (χ2n) is 8.29. The van der Waals surface area contributed by atoms with E-state index in [0.29, 0.717) is 18.4 Å². The molecule has 0 amide bonds. The highest BCUT2D eigenvalue weighted by atomic mass is 16.5. The van der Waals surface area contributed by atoms with Crippen LogP contribution in [0.1, 0.15) is 58.1 Å². The molecule has 25 heavy (non-hydrogen) atoms. The Morgan fingerprint density at radius 2 is 1.88 bits per heavy atom. The van der Waals surface area contributed by atoms with Crippen molar-refractivity contribution in [2.75, 3.05) is 6.61 Å². The van der Waals surface area contributed by atoms with Gasteiger partial charge in [0.2, 0.25) is 0 Å². The van der Waals surface area contributed by atoms with Crippen LogP contribution in [-0.2, 0) is 4.74 Å². The summed E-state index contributed by atoms with van der Waals surface area (Å²) >= 11 is 0. The first kappa shape index (κ1) is 20.0. The van der Waals surface area contributed by atoms with Crippen LogP contribution in [-0.4, -0.2) is 12.7 Å². The number of hydrogen-bond acceptors (Lipinski definition) is 1. The summed E-state index contributed by atoms with van der Waals surface area (Å²) in [5, 5.41) is 0. The molecule has 0 N–H and O–H groups in total. The zero-order valence-electron chi connectivity index (χ0n) is 16.8. The van der Waals surface area contributed by atoms with Crippen LogP contribution in [0, 0.1) is 30.6 Å². The molecular formula is C24H36O. The molecular weight excluding hydrogens is 304 g/mol. The van der Waals surface area contributed by atoms with Crippen LogP contribution >= 0.6 is 0 Å². The van der Waals surface area contributed by atoms with E-state index in [1.165, 1.54) is 36.0 Å². The number of ether oxygens (including phenoxy) is 1. The summed E-state index contributed by atoms with van der Waals surface area (Å²) < 4.78 is 6.28. The van der Waals surface area contributed by atoms with Crippen LogP contribution in [0.5, 0.6) is 0 Å². The second-order valence-corrected chi connectivity index (χ2v) is 8.29. The van der Waals surface area contributed by atoms with E-state index in [0.717, 1.165) is 11.8 Å². The van der Waals surface area contributed by atoms with Crippen LogP contribution in [0.15, 0.2) is 43.0 Å². The zero-order chi connectivity index (χ0) is 18.4. The van der Waals surface area contributed by atoms with E-state index in [4.69, 9.17) is 4.74 Å². The fraction of sp³-hybridized carbons (Fsp3) is 0.583. The summed E-state index contributed by atoms with van der Waals surface area (Å²) in [6.07, 6.45) is 8.37. The van der Waals surface area contributed by atoms with Crippen LogP contribution in [0.4, 0.5) is 0 Å². The van der Waals surface area contributed by atoms with Gasteiger partial charge in [-0.05, 0) is 61.5 Å². The maximum atomic E-state index is 6.28. The van der Waals surface area contributed by atoms with Crippen molar-refractivity contribution in [1.29, 1.82) is 0 Å². The third-order valence-corrected chi connectivity index (χ3v) is 5.82. The summed E-state index contributed by atoms with van der Waals surface area (Å²) in [6, 6.07) is 8.81. The van der Waals surface area contributed by atoms with Crippen LogP contribution < -0.4 is 0 Å². The summed E-state index contributed by atoms with van der Waals surface area (Å²) in [5.41, 5.74) is 3.91. The smallest absolute Gasteiger partial charge is 0.0796 e. The average Bonchev–Trinajstić information content (AvgIpc) is 2.58. The molecule has 2 rings (SSSR count). The van der Waals surface area contributed by atoms with E-state index in [1.54, 1.807) is 0 Å². The molecule has 0 heterocycles. The summed E-state index contributed by atoms with van der Waals surface area (Å²) in [4.78, 5) is 0. The van der Waals surface area contributed by atoms with Gasteiger partial charge in [0.1, 0.15) is 0 Å². The van der Waals surface area contributed by atoms with Gasteiger partial charge in [-0.3, -0.25) is 0 Å². The van der Waals surface area contributed by atoms with E-state index in [1.807, 2.05) is 6.08 Å². The van der Waals surface area contributed by atoms with E-state index < -0.39 is 0 Å². The Morgan fingerprint density at radius 3 is 2.48 bits per heavy atom. The van der Waals surface area contributed by atoms with Gasteiger partial charge in [0.25, 0.3) is 0 Å². The number of hydrogen-bond donors (Lipinski definition) is 0. The number of rotatable bonds is 7. The lowest BCUT2D eigenvalue weighted by Crippen LogP contribution is -2.36. The fourth-order valence-electron chi connectivity index (χ4n) is 4.29. The van der Waals surface area contributed by atoms with Crippen LogP contribution in [0.2, 0.25) is 0 Å². The molecule has 0 spiro atoms. The van der Waals surface area contributed by atoms with Crippen molar-refractivity contribution in [3.63, 3.8) is 0 Å². The fourth-order valence-corrected chi connectivity index (χ4v) is 4.29. The SMILES string of the molecule is C=CCO[C@@H](/C=C(\C)c1ccc(C)cc1)[C@@H]1C[C@H](C)CC[C@H]1C(C)C. The lowest BCUT2D eigenvalue weighted by molar-refractivity contribution is -0.000398. The Kier molecular flexibility index (Phi) is 7.50. The molecule has 1 saturated carbocycles. The molecule has 0 saturated heterocycles. The van der Waals surface area contributed by atoms with Crippen molar-refractivity contribution in [1.82, 2.24) is 0 Å². The minimum Gasteiger partial charge on any atom is -0.370 e. The summed E-state index contributed by atoms with van der Waals surface area (Å²) in [5.74, 6) is 2.85. The number of benzene rings is 1. The van der Waals surface area contributed by atoms with Crippen molar-refractivity contribution < 1.29 is 4.74 Å². The first-order valence-electron chi connectivity index (χ1n) is 9.90. The predicted molar refractivity (Wildman–Crippen MR) is 110 cm³/mol. The Balaban J connectivity index is 2.28. The molecule has 138 valence electrons. The van der Waals surface area contributed by atoms with E-state index in [-0.39, 0.29) is 6.10 Å². The topological polar surface area (TPSA) is 9.23 Å². The molecule has 0 aliphatic heterocycles. The van der Waals surface area contributed by atoms with Gasteiger partial charge in [0.05, 0.1) is 12.7 Å². The highest BCUT2D eigenvalue weighted by molar-refractivity contribution is 5.64. The van der Waals surface area contributed by atoms with Crippen molar-refractivity contribution in [2.24, 2.45) is 23.7 Å². The lowest BCUT2D eigenvalue weighted by atomic mass is 9.67. The predicted octanol–water partition coefficient (Wildman–Crippen LogP) is 6.68. The first-order chi connectivity index (χ1) is 11.9. The van der Waals surface area contributed by atoms with Gasteiger partial charge in [-0.15, -0.1) is 6.58 Å². The zero-order valence-corrected chi connectivity index (χ0v) is 16.8. The van der Waals surface area contributed by atoms with Crippen molar-refractivity contribution >= 4 is 5.57 Å². The van der Waals surface area contributed by atoms with Crippen molar-refractivity contribution in [3.8, 4) is 0 Å². The van der Waals surface area contributed by atoms with Gasteiger partial charge < -0.3 is 4.74 Å². The van der Waals surface area contributed by atoms with Crippen LogP contribution in [0.3, 0.4) is 0 Å². The maximum absolute atomic E-state index is 6.28. The molecule has 1 aliphatic rings. The lowest BCUT2D eigenvalue weighted by Gasteiger charge is -2.41. The van der Waals surface area contributed by atoms with Gasteiger partial charge >= 0.3 is 0 Å². The third kappa shape index (κ3) is 5.57. The summed E-state index contributed by atoms with van der Waals surface area (Å²) in [6.45, 7) is 16.0. The molecule has 0 radical (unpaired) electrons. The highest BCUT2D eigenvalue weighted by Gasteiger charge is 2.35.